The summed E-state index contributed by atoms with van der Waals surface area (Å²) in [6, 6.07) is 0. The minimum absolute atomic E-state index is 0. The number of esters is 2. The van der Waals surface area contributed by atoms with Gasteiger partial charge < -0.3 is 19.1 Å². The van der Waals surface area contributed by atoms with Gasteiger partial charge in [-0.05, 0) is 27.7 Å². The van der Waals surface area contributed by atoms with Crippen molar-refractivity contribution < 1.29 is 45.7 Å². The maximum absolute atomic E-state index is 10.4. The van der Waals surface area contributed by atoms with Crippen molar-refractivity contribution in [3.05, 3.63) is 12.8 Å². The fourth-order valence-electron chi connectivity index (χ4n) is 0.700. The molecule has 0 aromatic heterocycles. The number of carbonyl (C=O) groups is 4. The molecule has 0 atom stereocenters. The third kappa shape index (κ3) is 22.2. The first-order valence-electron chi connectivity index (χ1n) is 5.37. The summed E-state index contributed by atoms with van der Waals surface area (Å²) in [5.41, 5.74) is 0. The Hall–Kier alpha value is -1.46. The van der Waals surface area contributed by atoms with Crippen LogP contribution in [0.5, 0.6) is 0 Å². The molecule has 7 heteroatoms. The van der Waals surface area contributed by atoms with Crippen molar-refractivity contribution in [3.8, 4) is 0 Å². The largest absolute Gasteiger partial charge is 2.00 e. The van der Waals surface area contributed by atoms with E-state index in [2.05, 4.69) is 9.47 Å². The zero-order valence-electron chi connectivity index (χ0n) is 11.3. The molecule has 0 aromatic rings. The van der Waals surface area contributed by atoms with Gasteiger partial charge in [0.1, 0.15) is 0 Å². The van der Waals surface area contributed by atoms with E-state index in [0.717, 1.165) is 12.8 Å². The first-order valence-corrected chi connectivity index (χ1v) is 5.37. The first kappa shape index (κ1) is 22.7. The molecule has 113 valence electrons. The molecule has 0 rings (SSSR count). The summed E-state index contributed by atoms with van der Waals surface area (Å²) < 4.78 is 8.87. The van der Waals surface area contributed by atoms with Crippen LogP contribution >= 0.6 is 0 Å². The maximum atomic E-state index is 10.4. The predicted molar refractivity (Wildman–Crippen MR) is 63.2 cm³/mol. The molecular formula is C12H18CuO6. The molecule has 0 aromatic carbocycles. The predicted octanol–water partition coefficient (Wildman–Crippen LogP) is 0.683. The second-order valence-corrected chi connectivity index (χ2v) is 3.01. The monoisotopic (exact) mass is 321 g/mol. The molecule has 0 saturated heterocycles. The maximum Gasteiger partial charge on any atom is 2.00 e. The summed E-state index contributed by atoms with van der Waals surface area (Å²) >= 11 is 0. The molecule has 0 aliphatic carbocycles. The van der Waals surface area contributed by atoms with E-state index in [0.29, 0.717) is 13.2 Å². The topological polar surface area (TPSA) is 86.7 Å². The van der Waals surface area contributed by atoms with Gasteiger partial charge in [-0.1, -0.05) is 0 Å². The zero-order valence-corrected chi connectivity index (χ0v) is 12.3. The van der Waals surface area contributed by atoms with Gasteiger partial charge >= 0.3 is 17.1 Å². The summed E-state index contributed by atoms with van der Waals surface area (Å²) in [5.74, 6) is -1.70. The molecule has 0 bridgehead atoms. The molecule has 0 heterocycles. The number of rotatable bonds is 6. The van der Waals surface area contributed by atoms with Gasteiger partial charge in [-0.15, -0.1) is 0 Å². The third-order valence-corrected chi connectivity index (χ3v) is 1.22. The number of Topliss-reactive ketones (excluding diaryl/α,β-unsaturated/α-hetero) is 2. The first-order chi connectivity index (χ1) is 8.33. The molecule has 0 aliphatic rings. The van der Waals surface area contributed by atoms with Gasteiger partial charge in [0.05, 0.1) is 13.2 Å². The van der Waals surface area contributed by atoms with Crippen LogP contribution in [0.1, 0.15) is 27.7 Å². The van der Waals surface area contributed by atoms with E-state index in [4.69, 9.17) is 0 Å². The summed E-state index contributed by atoms with van der Waals surface area (Å²) in [6.07, 6.45) is 1.84. The summed E-state index contributed by atoms with van der Waals surface area (Å²) in [5, 5.41) is 0. The third-order valence-electron chi connectivity index (χ3n) is 1.22. The van der Waals surface area contributed by atoms with Crippen LogP contribution in [0.2, 0.25) is 0 Å². The van der Waals surface area contributed by atoms with Crippen molar-refractivity contribution in [1.82, 2.24) is 0 Å². The Labute approximate surface area is 123 Å². The van der Waals surface area contributed by atoms with Gasteiger partial charge in [0.15, 0.2) is 11.9 Å². The van der Waals surface area contributed by atoms with Gasteiger partial charge in [0, 0.05) is 11.6 Å². The normalized spacial score (nSPS) is 7.79. The summed E-state index contributed by atoms with van der Waals surface area (Å²) in [7, 11) is 0. The summed E-state index contributed by atoms with van der Waals surface area (Å²) in [4.78, 5) is 41.1. The van der Waals surface area contributed by atoms with E-state index in [-0.39, 0.29) is 28.6 Å². The fraction of sp³-hybridized carbons (Fsp3) is 0.500. The molecule has 0 spiro atoms. The molecule has 0 amide bonds. The fourth-order valence-corrected chi connectivity index (χ4v) is 0.700. The molecule has 0 unspecified atom stereocenters. The number of hydrogen-bond acceptors (Lipinski definition) is 6. The second kappa shape index (κ2) is 14.6. The number of carbonyl (C=O) groups excluding carboxylic acids is 4. The van der Waals surface area contributed by atoms with Gasteiger partial charge in [-0.25, -0.2) is 12.8 Å². The van der Waals surface area contributed by atoms with Crippen LogP contribution in [0, 0.1) is 12.8 Å². The Balaban J connectivity index is -0.000000256. The minimum atomic E-state index is -0.565. The average molecular weight is 322 g/mol. The quantitative estimate of drug-likeness (QED) is 0.309. The Morgan fingerprint density at radius 3 is 1.21 bits per heavy atom. The zero-order chi connectivity index (χ0) is 14.6. The Kier molecular flexibility index (Phi) is 17.4. The van der Waals surface area contributed by atoms with E-state index in [9.17, 15) is 19.2 Å². The van der Waals surface area contributed by atoms with Crippen molar-refractivity contribution in [1.29, 1.82) is 0 Å². The van der Waals surface area contributed by atoms with E-state index in [1.165, 1.54) is 13.8 Å². The van der Waals surface area contributed by atoms with E-state index in [1.54, 1.807) is 13.8 Å². The molecule has 19 heavy (non-hydrogen) atoms. The molecule has 0 saturated carbocycles. The number of ether oxygens (including phenoxy) is 2. The number of ketones is 2. The standard InChI is InChI=1S/2C6H9O3.Cu/c2*1-3-9-6(8)4-5(2)7;/h2*4H,3H2,1-2H3;/q2*-1;+2. The van der Waals surface area contributed by atoms with Crippen molar-refractivity contribution in [2.45, 2.75) is 27.7 Å². The Morgan fingerprint density at radius 2 is 1.05 bits per heavy atom. The van der Waals surface area contributed by atoms with Crippen LogP contribution in [0.4, 0.5) is 0 Å². The van der Waals surface area contributed by atoms with E-state index < -0.39 is 11.9 Å². The average Bonchev–Trinajstić information content (AvgIpc) is 2.16. The van der Waals surface area contributed by atoms with Crippen molar-refractivity contribution in [2.24, 2.45) is 0 Å². The van der Waals surface area contributed by atoms with Crippen LogP contribution in [-0.2, 0) is 45.7 Å². The Bertz CT molecular complexity index is 271. The van der Waals surface area contributed by atoms with Crippen molar-refractivity contribution in [2.75, 3.05) is 13.2 Å². The van der Waals surface area contributed by atoms with Crippen LogP contribution < -0.4 is 0 Å². The van der Waals surface area contributed by atoms with Gasteiger partial charge in [0.25, 0.3) is 0 Å². The molecule has 0 N–H and O–H groups in total. The van der Waals surface area contributed by atoms with Gasteiger partial charge in [0.2, 0.25) is 0 Å². The van der Waals surface area contributed by atoms with E-state index in [1.807, 2.05) is 0 Å². The van der Waals surface area contributed by atoms with Gasteiger partial charge in [-0.3, -0.25) is 9.59 Å². The molecule has 1 radical (unpaired) electrons. The van der Waals surface area contributed by atoms with Crippen LogP contribution in [0.15, 0.2) is 0 Å². The molecule has 0 fully saturated rings. The van der Waals surface area contributed by atoms with Crippen molar-refractivity contribution >= 4 is 23.5 Å². The van der Waals surface area contributed by atoms with E-state index >= 15 is 0 Å². The van der Waals surface area contributed by atoms with Crippen LogP contribution in [0.25, 0.3) is 0 Å². The van der Waals surface area contributed by atoms with Crippen molar-refractivity contribution in [3.63, 3.8) is 0 Å². The minimum Gasteiger partial charge on any atom is -0.488 e. The molecular weight excluding hydrogens is 304 g/mol. The number of hydrogen-bond donors (Lipinski definition) is 0. The molecule has 0 aliphatic heterocycles. The summed E-state index contributed by atoms with van der Waals surface area (Å²) in [6.45, 7) is 6.59. The van der Waals surface area contributed by atoms with Crippen LogP contribution in [0.3, 0.4) is 0 Å². The SMILES string of the molecule is CCOC(=O)[CH-]C(C)=O.CCOC(=O)[CH-]C(C)=O.[Cu+2]. The van der Waals surface area contributed by atoms with Gasteiger partial charge in [-0.2, -0.15) is 0 Å². The van der Waals surface area contributed by atoms with Crippen LogP contribution in [-0.4, -0.2) is 36.7 Å². The smallest absolute Gasteiger partial charge is 0.488 e. The Morgan fingerprint density at radius 1 is 0.789 bits per heavy atom. The second-order valence-electron chi connectivity index (χ2n) is 3.01. The molecule has 6 nitrogen and oxygen atoms in total.